The molecule has 2 aliphatic heterocycles. The minimum atomic E-state index is -4.02. The van der Waals surface area contributed by atoms with Crippen LogP contribution in [0.1, 0.15) is 12.8 Å². The molecule has 0 radical (unpaired) electrons. The second kappa shape index (κ2) is 10.4. The van der Waals surface area contributed by atoms with Crippen LogP contribution in [0.5, 0.6) is 5.75 Å². The summed E-state index contributed by atoms with van der Waals surface area (Å²) in [6, 6.07) is 13.5. The fourth-order valence-corrected chi connectivity index (χ4v) is 9.10. The summed E-state index contributed by atoms with van der Waals surface area (Å²) >= 11 is 0. The summed E-state index contributed by atoms with van der Waals surface area (Å²) in [5, 5.41) is 0. The van der Waals surface area contributed by atoms with Crippen LogP contribution in [-0.2, 0) is 20.0 Å². The van der Waals surface area contributed by atoms with Gasteiger partial charge in [0.15, 0.2) is 0 Å². The van der Waals surface area contributed by atoms with Gasteiger partial charge in [-0.05, 0) is 49.2 Å². The Bertz CT molecular complexity index is 1400. The average molecular weight is 544 g/mol. The third kappa shape index (κ3) is 5.06. The van der Waals surface area contributed by atoms with E-state index in [0.29, 0.717) is 22.5 Å². The highest BCUT2D eigenvalue weighted by molar-refractivity contribution is 8.06. The van der Waals surface area contributed by atoms with Gasteiger partial charge in [-0.2, -0.15) is 0 Å². The molecule has 0 unspecified atom stereocenters. The monoisotopic (exact) mass is 543 g/mol. The molecule has 2 aliphatic rings. The fraction of sp³-hybridized carbons (Fsp3) is 0.360. The molecule has 10 nitrogen and oxygen atoms in total. The Hall–Kier alpha value is -3.06. The molecule has 2 aromatic carbocycles. The van der Waals surface area contributed by atoms with E-state index >= 15 is 0 Å². The third-order valence-electron chi connectivity index (χ3n) is 6.72. The van der Waals surface area contributed by atoms with Crippen LogP contribution in [0.25, 0.3) is 11.1 Å². The van der Waals surface area contributed by atoms with Crippen molar-refractivity contribution in [1.82, 2.24) is 18.6 Å². The molecule has 3 aromatic rings. The molecule has 1 aromatic heterocycles. The van der Waals surface area contributed by atoms with Gasteiger partial charge < -0.3 is 9.64 Å². The van der Waals surface area contributed by atoms with Crippen molar-refractivity contribution in [3.8, 4) is 16.9 Å². The van der Waals surface area contributed by atoms with E-state index in [4.69, 9.17) is 4.74 Å². The summed E-state index contributed by atoms with van der Waals surface area (Å²) < 4.78 is 56.7. The molecule has 1 fully saturated rings. The molecule has 0 spiro atoms. The lowest BCUT2D eigenvalue weighted by Crippen LogP contribution is -2.47. The minimum Gasteiger partial charge on any atom is -0.497 e. The Morgan fingerprint density at radius 3 is 1.89 bits per heavy atom. The van der Waals surface area contributed by atoms with Crippen LogP contribution in [0.2, 0.25) is 0 Å². The van der Waals surface area contributed by atoms with E-state index < -0.39 is 20.0 Å². The molecule has 0 saturated carbocycles. The first-order chi connectivity index (χ1) is 17.8. The van der Waals surface area contributed by atoms with E-state index in [-0.39, 0.29) is 16.3 Å². The average Bonchev–Trinajstić information content (AvgIpc) is 3.08. The second-order valence-corrected chi connectivity index (χ2v) is 12.9. The Kier molecular flexibility index (Phi) is 7.17. The zero-order chi connectivity index (χ0) is 26.0. The maximum Gasteiger partial charge on any atom is 0.257 e. The number of benzene rings is 2. The zero-order valence-electron chi connectivity index (χ0n) is 20.5. The largest absolute Gasteiger partial charge is 0.497 e. The van der Waals surface area contributed by atoms with Gasteiger partial charge >= 0.3 is 0 Å². The van der Waals surface area contributed by atoms with Gasteiger partial charge in [-0.25, -0.2) is 26.8 Å². The summed E-state index contributed by atoms with van der Waals surface area (Å²) in [5.41, 5.74) is 1.96. The third-order valence-corrected chi connectivity index (χ3v) is 11.3. The molecule has 0 N–H and O–H groups in total. The van der Waals surface area contributed by atoms with E-state index in [1.54, 1.807) is 7.11 Å². The Balaban J connectivity index is 1.09. The van der Waals surface area contributed by atoms with Crippen molar-refractivity contribution in [3.63, 3.8) is 0 Å². The van der Waals surface area contributed by atoms with Crippen LogP contribution in [0.15, 0.2) is 70.7 Å². The van der Waals surface area contributed by atoms with E-state index in [1.807, 2.05) is 36.7 Å². The number of rotatable bonds is 8. The van der Waals surface area contributed by atoms with E-state index in [0.717, 1.165) is 49.6 Å². The van der Waals surface area contributed by atoms with E-state index in [2.05, 4.69) is 19.8 Å². The maximum atomic E-state index is 12.7. The van der Waals surface area contributed by atoms with E-state index in [1.165, 1.54) is 24.3 Å². The van der Waals surface area contributed by atoms with Gasteiger partial charge in [-0.15, -0.1) is 0 Å². The standard InChI is InChI=1S/C25H29N5O5S2/c1-35-22-10-8-20(9-11-22)21-18-26-25(27-19-21)29-16-14-28(15-17-29)12-4-5-13-30-36(31,32)23-6-2-3-7-24(23)37(30,33)34/h2-3,6-11,18-19H,4-5,12-17H2,1H3. The highest BCUT2D eigenvalue weighted by Gasteiger charge is 2.46. The van der Waals surface area contributed by atoms with Gasteiger partial charge in [0.05, 0.1) is 7.11 Å². The van der Waals surface area contributed by atoms with Gasteiger partial charge in [-0.3, -0.25) is 4.90 Å². The number of sulfonamides is 2. The summed E-state index contributed by atoms with van der Waals surface area (Å²) in [4.78, 5) is 13.3. The lowest BCUT2D eigenvalue weighted by molar-refractivity contribution is 0.251. The molecule has 0 bridgehead atoms. The number of nitrogens with zero attached hydrogens (tertiary/aromatic N) is 5. The number of piperazine rings is 1. The number of ether oxygens (including phenoxy) is 1. The van der Waals surface area contributed by atoms with Crippen molar-refractivity contribution in [3.05, 3.63) is 60.9 Å². The van der Waals surface area contributed by atoms with Crippen molar-refractivity contribution < 1.29 is 21.6 Å². The topological polar surface area (TPSA) is 113 Å². The van der Waals surface area contributed by atoms with Crippen LogP contribution in [0.3, 0.4) is 0 Å². The highest BCUT2D eigenvalue weighted by atomic mass is 32.3. The SMILES string of the molecule is COc1ccc(-c2cnc(N3CCN(CCCCN4S(=O)(=O)c5ccccc5S4(=O)=O)CC3)nc2)cc1. The van der Waals surface area contributed by atoms with Crippen LogP contribution < -0.4 is 9.64 Å². The number of methoxy groups -OCH3 is 1. The molecular weight excluding hydrogens is 514 g/mol. The van der Waals surface area contributed by atoms with Crippen LogP contribution in [0, 0.1) is 0 Å². The van der Waals surface area contributed by atoms with Gasteiger partial charge in [0, 0.05) is 50.7 Å². The van der Waals surface area contributed by atoms with Gasteiger partial charge in [-0.1, -0.05) is 28.0 Å². The molecule has 196 valence electrons. The predicted molar refractivity (Wildman–Crippen MR) is 139 cm³/mol. The number of anilines is 1. The maximum absolute atomic E-state index is 12.7. The first-order valence-electron chi connectivity index (χ1n) is 12.1. The Labute approximate surface area is 217 Å². The first-order valence-corrected chi connectivity index (χ1v) is 15.0. The Morgan fingerprint density at radius 2 is 1.32 bits per heavy atom. The fourth-order valence-electron chi connectivity index (χ4n) is 4.63. The molecule has 5 rings (SSSR count). The predicted octanol–water partition coefficient (Wildman–Crippen LogP) is 2.45. The molecule has 0 amide bonds. The number of unbranched alkanes of at least 4 members (excludes halogenated alkanes) is 1. The van der Waals surface area contributed by atoms with Gasteiger partial charge in [0.1, 0.15) is 15.5 Å². The molecule has 12 heteroatoms. The zero-order valence-corrected chi connectivity index (χ0v) is 22.2. The summed E-state index contributed by atoms with van der Waals surface area (Å²) in [6.45, 7) is 3.95. The summed E-state index contributed by atoms with van der Waals surface area (Å²) in [7, 11) is -6.39. The highest BCUT2D eigenvalue weighted by Crippen LogP contribution is 2.36. The molecule has 37 heavy (non-hydrogen) atoms. The molecule has 1 saturated heterocycles. The molecule has 0 atom stereocenters. The Morgan fingerprint density at radius 1 is 0.757 bits per heavy atom. The van der Waals surface area contributed by atoms with Crippen molar-refractivity contribution in [2.75, 3.05) is 51.3 Å². The normalized spacial score (nSPS) is 19.0. The first kappa shape index (κ1) is 25.6. The molecule has 0 aliphatic carbocycles. The van der Waals surface area contributed by atoms with Crippen molar-refractivity contribution in [2.24, 2.45) is 0 Å². The van der Waals surface area contributed by atoms with Crippen molar-refractivity contribution >= 4 is 26.0 Å². The van der Waals surface area contributed by atoms with Gasteiger partial charge in [0.25, 0.3) is 20.0 Å². The second-order valence-electron chi connectivity index (χ2n) is 8.99. The van der Waals surface area contributed by atoms with Crippen LogP contribution in [0.4, 0.5) is 5.95 Å². The van der Waals surface area contributed by atoms with Gasteiger partial charge in [0.2, 0.25) is 5.95 Å². The smallest absolute Gasteiger partial charge is 0.257 e. The number of hydrogen-bond acceptors (Lipinski definition) is 9. The quantitative estimate of drug-likeness (QED) is 0.395. The molecular formula is C25H29N5O5S2. The van der Waals surface area contributed by atoms with Crippen molar-refractivity contribution in [2.45, 2.75) is 22.6 Å². The van der Waals surface area contributed by atoms with E-state index in [9.17, 15) is 16.8 Å². The van der Waals surface area contributed by atoms with Crippen LogP contribution in [-0.4, -0.2) is 81.8 Å². The van der Waals surface area contributed by atoms with Crippen LogP contribution >= 0.6 is 0 Å². The number of aromatic nitrogens is 2. The van der Waals surface area contributed by atoms with Crippen molar-refractivity contribution in [1.29, 1.82) is 0 Å². The summed E-state index contributed by atoms with van der Waals surface area (Å²) in [5.74, 6) is 1.50. The number of hydrogen-bond donors (Lipinski definition) is 0. The molecule has 3 heterocycles. The lowest BCUT2D eigenvalue weighted by Gasteiger charge is -2.34. The summed E-state index contributed by atoms with van der Waals surface area (Å²) in [6.07, 6.45) is 4.82. The lowest BCUT2D eigenvalue weighted by atomic mass is 10.1. The minimum absolute atomic E-state index is 0.0479. The number of fused-ring (bicyclic) bond motifs is 1.